The van der Waals surface area contributed by atoms with Crippen molar-refractivity contribution in [1.29, 1.82) is 0 Å². The lowest BCUT2D eigenvalue weighted by molar-refractivity contribution is -0.143. The van der Waals surface area contributed by atoms with Gasteiger partial charge in [0.15, 0.2) is 5.69 Å². The summed E-state index contributed by atoms with van der Waals surface area (Å²) in [5.74, 6) is 0. The molecule has 3 nitrogen and oxygen atoms in total. The molecule has 1 aliphatic rings. The fourth-order valence-electron chi connectivity index (χ4n) is 2.18. The molecule has 1 aliphatic heterocycles. The highest BCUT2D eigenvalue weighted by molar-refractivity contribution is 5.85. The number of hydrogen-bond acceptors (Lipinski definition) is 2. The molecule has 7 heteroatoms. The van der Waals surface area contributed by atoms with E-state index in [0.29, 0.717) is 17.9 Å². The Hall–Kier alpha value is -1.53. The topological polar surface area (TPSA) is 29.9 Å². The van der Waals surface area contributed by atoms with E-state index in [1.54, 1.807) is 30.3 Å². The van der Waals surface area contributed by atoms with Gasteiger partial charge in [-0.15, -0.1) is 12.4 Å². The summed E-state index contributed by atoms with van der Waals surface area (Å²) >= 11 is 0. The number of para-hydroxylation sites is 1. The molecular weight excluding hydrogens is 279 g/mol. The first-order chi connectivity index (χ1) is 8.57. The summed E-state index contributed by atoms with van der Waals surface area (Å²) < 4.78 is 40.4. The Morgan fingerprint density at radius 3 is 2.42 bits per heavy atom. The third-order valence-corrected chi connectivity index (χ3v) is 2.93. The number of fused-ring (bicyclic) bond motifs is 1. The second kappa shape index (κ2) is 4.86. The summed E-state index contributed by atoms with van der Waals surface area (Å²) in [4.78, 5) is 0. The average Bonchev–Trinajstić information content (AvgIpc) is 2.87. The zero-order valence-electron chi connectivity index (χ0n) is 9.74. The molecule has 0 saturated heterocycles. The molecule has 1 aromatic carbocycles. The van der Waals surface area contributed by atoms with Crippen LogP contribution in [0.2, 0.25) is 0 Å². The van der Waals surface area contributed by atoms with Gasteiger partial charge >= 0.3 is 6.18 Å². The predicted octanol–water partition coefficient (Wildman–Crippen LogP) is 2.92. The van der Waals surface area contributed by atoms with E-state index in [1.165, 1.54) is 0 Å². The molecule has 2 heterocycles. The molecule has 102 valence electrons. The lowest BCUT2D eigenvalue weighted by Gasteiger charge is -2.12. The molecule has 3 rings (SSSR count). The van der Waals surface area contributed by atoms with Gasteiger partial charge in [-0.2, -0.15) is 18.3 Å². The van der Waals surface area contributed by atoms with Crippen LogP contribution in [0.1, 0.15) is 17.0 Å². The van der Waals surface area contributed by atoms with Crippen LogP contribution in [0.15, 0.2) is 30.3 Å². The van der Waals surface area contributed by atoms with Gasteiger partial charge in [0, 0.05) is 18.7 Å². The van der Waals surface area contributed by atoms with E-state index < -0.39 is 11.9 Å². The number of nitrogens with zero attached hydrogens (tertiary/aromatic N) is 2. The van der Waals surface area contributed by atoms with E-state index in [1.807, 2.05) is 0 Å². The molecule has 0 atom stereocenters. The Kier molecular flexibility index (Phi) is 3.56. The summed E-state index contributed by atoms with van der Waals surface area (Å²) in [5, 5.41) is 6.94. The maximum Gasteiger partial charge on any atom is 0.433 e. The summed E-state index contributed by atoms with van der Waals surface area (Å²) in [6, 6.07) is 8.38. The van der Waals surface area contributed by atoms with Gasteiger partial charge in [0.25, 0.3) is 0 Å². The molecular formula is C12H11ClF3N3. The van der Waals surface area contributed by atoms with E-state index in [4.69, 9.17) is 0 Å². The van der Waals surface area contributed by atoms with Crippen LogP contribution in [0.4, 0.5) is 13.2 Å². The molecule has 0 spiro atoms. The molecule has 19 heavy (non-hydrogen) atoms. The fourth-order valence-corrected chi connectivity index (χ4v) is 2.18. The van der Waals surface area contributed by atoms with Crippen molar-refractivity contribution in [2.75, 3.05) is 0 Å². The number of aromatic nitrogens is 2. The largest absolute Gasteiger partial charge is 0.433 e. The van der Waals surface area contributed by atoms with Crippen molar-refractivity contribution in [2.24, 2.45) is 0 Å². The van der Waals surface area contributed by atoms with Crippen molar-refractivity contribution >= 4 is 12.4 Å². The summed E-state index contributed by atoms with van der Waals surface area (Å²) in [6.07, 6.45) is -4.40. The van der Waals surface area contributed by atoms with Crippen LogP contribution in [0.3, 0.4) is 0 Å². The first kappa shape index (κ1) is 13.9. The monoisotopic (exact) mass is 289 g/mol. The Balaban J connectivity index is 0.00000133. The maximum absolute atomic E-state index is 13.1. The van der Waals surface area contributed by atoms with Crippen LogP contribution in [0.25, 0.3) is 5.69 Å². The van der Waals surface area contributed by atoms with Crippen molar-refractivity contribution in [1.82, 2.24) is 15.1 Å². The van der Waals surface area contributed by atoms with Gasteiger partial charge in [0.05, 0.1) is 11.4 Å². The Labute approximate surface area is 113 Å². The zero-order valence-corrected chi connectivity index (χ0v) is 10.6. The molecule has 0 aliphatic carbocycles. The van der Waals surface area contributed by atoms with E-state index >= 15 is 0 Å². The normalized spacial score (nSPS) is 14.1. The zero-order chi connectivity index (χ0) is 12.8. The minimum absolute atomic E-state index is 0. The number of nitrogens with one attached hydrogen (secondary N) is 1. The van der Waals surface area contributed by atoms with Crippen molar-refractivity contribution in [3.05, 3.63) is 47.3 Å². The smallest absolute Gasteiger partial charge is 0.307 e. The Morgan fingerprint density at radius 2 is 1.79 bits per heavy atom. The molecule has 2 aromatic rings. The van der Waals surface area contributed by atoms with Crippen molar-refractivity contribution in [3.8, 4) is 5.69 Å². The van der Waals surface area contributed by atoms with Crippen LogP contribution in [0, 0.1) is 0 Å². The Morgan fingerprint density at radius 1 is 1.11 bits per heavy atom. The van der Waals surface area contributed by atoms with Crippen LogP contribution in [-0.4, -0.2) is 9.78 Å². The second-order valence-electron chi connectivity index (χ2n) is 4.12. The van der Waals surface area contributed by atoms with E-state index in [9.17, 15) is 13.2 Å². The quantitative estimate of drug-likeness (QED) is 0.875. The van der Waals surface area contributed by atoms with Crippen LogP contribution >= 0.6 is 12.4 Å². The molecule has 0 amide bonds. The Bertz CT molecular complexity index is 578. The molecule has 0 bridgehead atoms. The number of alkyl halides is 3. The summed E-state index contributed by atoms with van der Waals surface area (Å²) in [5.41, 5.74) is 0.491. The van der Waals surface area contributed by atoms with Crippen molar-refractivity contribution in [3.63, 3.8) is 0 Å². The second-order valence-corrected chi connectivity index (χ2v) is 4.12. The van der Waals surface area contributed by atoms with Gasteiger partial charge in [-0.1, -0.05) is 18.2 Å². The number of hydrogen-bond donors (Lipinski definition) is 1. The SMILES string of the molecule is Cl.FC(F)(F)c1c2c(nn1-c1ccccc1)CNC2. The van der Waals surface area contributed by atoms with E-state index in [-0.39, 0.29) is 24.5 Å². The highest BCUT2D eigenvalue weighted by Crippen LogP contribution is 2.36. The molecule has 0 radical (unpaired) electrons. The van der Waals surface area contributed by atoms with Gasteiger partial charge in [-0.25, -0.2) is 4.68 Å². The lowest BCUT2D eigenvalue weighted by Crippen LogP contribution is -2.17. The van der Waals surface area contributed by atoms with Gasteiger partial charge in [0.2, 0.25) is 0 Å². The first-order valence-electron chi connectivity index (χ1n) is 5.51. The van der Waals surface area contributed by atoms with Gasteiger partial charge < -0.3 is 5.32 Å². The van der Waals surface area contributed by atoms with Crippen molar-refractivity contribution in [2.45, 2.75) is 19.3 Å². The highest BCUT2D eigenvalue weighted by Gasteiger charge is 2.41. The third kappa shape index (κ3) is 2.33. The van der Waals surface area contributed by atoms with Crippen LogP contribution in [0.5, 0.6) is 0 Å². The van der Waals surface area contributed by atoms with Gasteiger partial charge in [-0.3, -0.25) is 0 Å². The summed E-state index contributed by atoms with van der Waals surface area (Å²) in [7, 11) is 0. The first-order valence-corrected chi connectivity index (χ1v) is 5.51. The molecule has 0 saturated carbocycles. The minimum atomic E-state index is -4.40. The van der Waals surface area contributed by atoms with Crippen LogP contribution < -0.4 is 5.32 Å². The van der Waals surface area contributed by atoms with E-state index in [0.717, 1.165) is 4.68 Å². The minimum Gasteiger partial charge on any atom is -0.307 e. The van der Waals surface area contributed by atoms with Gasteiger partial charge in [-0.05, 0) is 12.1 Å². The third-order valence-electron chi connectivity index (χ3n) is 2.93. The molecule has 0 fully saturated rings. The standard InChI is InChI=1S/C12H10F3N3.ClH/c13-12(14,15)11-9-6-16-7-10(9)17-18(11)8-4-2-1-3-5-8;/h1-5,16H,6-7H2;1H. The fraction of sp³-hybridized carbons (Fsp3) is 0.250. The average molecular weight is 290 g/mol. The van der Waals surface area contributed by atoms with Gasteiger partial charge in [0.1, 0.15) is 0 Å². The predicted molar refractivity (Wildman–Crippen MR) is 66.4 cm³/mol. The molecule has 1 aromatic heterocycles. The van der Waals surface area contributed by atoms with Crippen molar-refractivity contribution < 1.29 is 13.2 Å². The number of halogens is 4. The van der Waals surface area contributed by atoms with Crippen LogP contribution in [-0.2, 0) is 19.3 Å². The molecule has 0 unspecified atom stereocenters. The lowest BCUT2D eigenvalue weighted by atomic mass is 10.2. The maximum atomic E-state index is 13.1. The number of rotatable bonds is 1. The number of benzene rings is 1. The molecule has 1 N–H and O–H groups in total. The van der Waals surface area contributed by atoms with E-state index in [2.05, 4.69) is 10.4 Å². The summed E-state index contributed by atoms with van der Waals surface area (Å²) in [6.45, 7) is 0.606. The highest BCUT2D eigenvalue weighted by atomic mass is 35.5.